The Kier molecular flexibility index (Phi) is 6.93. The van der Waals surface area contributed by atoms with Crippen LogP contribution < -0.4 is 15.4 Å². The number of carbonyl (C=O) groups excluding carboxylic acids is 1. The molecule has 0 radical (unpaired) electrons. The molecule has 1 aliphatic carbocycles. The Morgan fingerprint density at radius 1 is 1.09 bits per heavy atom. The fraction of sp³-hybridized carbons (Fsp3) is 0.296. The Hall–Kier alpha value is -3.71. The van der Waals surface area contributed by atoms with Gasteiger partial charge in [-0.25, -0.2) is 0 Å². The topological polar surface area (TPSA) is 95.8 Å². The number of fused-ring (bicyclic) bond motifs is 1. The number of ether oxygens (including phenoxy) is 1. The first kappa shape index (κ1) is 23.4. The van der Waals surface area contributed by atoms with E-state index in [1.807, 2.05) is 55.5 Å². The second-order valence-electron chi connectivity index (χ2n) is 8.51. The highest BCUT2D eigenvalue weighted by atomic mass is 16.5. The maximum atomic E-state index is 12.9. The molecule has 7 nitrogen and oxygen atoms in total. The standard InChI is InChI=1S/C26H26N4O3.CH4/c1-16-3-2-4-19(11-16)30-26(32)22-13-18-12-20(6-5-17(18)14-24(22)31)33-21-7-8-27-23(15-21)25-28-9-10-29-25;/h2-8,11-12,15,22,24,31H,9-10,13-14H2,1H3,(H,28,29)(H,30,32);1H4. The minimum absolute atomic E-state index is 0. The number of aryl methyl sites for hydroxylation is 1. The van der Waals surface area contributed by atoms with E-state index in [-0.39, 0.29) is 13.3 Å². The van der Waals surface area contributed by atoms with Crippen molar-refractivity contribution in [3.63, 3.8) is 0 Å². The number of benzene rings is 2. The average Bonchev–Trinajstić information content (AvgIpc) is 3.34. The number of anilines is 1. The van der Waals surface area contributed by atoms with Gasteiger partial charge >= 0.3 is 0 Å². The SMILES string of the molecule is C.Cc1cccc(NC(=O)C2Cc3cc(Oc4ccnc(C5=NCCN5)c4)ccc3CC2O)c1. The van der Waals surface area contributed by atoms with Crippen LogP contribution in [0.3, 0.4) is 0 Å². The van der Waals surface area contributed by atoms with Crippen LogP contribution in [0.1, 0.15) is 29.8 Å². The number of hydrogen-bond donors (Lipinski definition) is 3. The van der Waals surface area contributed by atoms with Crippen molar-refractivity contribution in [2.45, 2.75) is 33.3 Å². The fourth-order valence-electron chi connectivity index (χ4n) is 4.33. The quantitative estimate of drug-likeness (QED) is 0.539. The molecule has 1 aromatic heterocycles. The summed E-state index contributed by atoms with van der Waals surface area (Å²) in [6, 6.07) is 17.1. The Morgan fingerprint density at radius 2 is 1.94 bits per heavy atom. The normalized spacial score (nSPS) is 18.7. The van der Waals surface area contributed by atoms with Gasteiger partial charge in [0.1, 0.15) is 23.0 Å². The van der Waals surface area contributed by atoms with Crippen LogP contribution >= 0.6 is 0 Å². The summed E-state index contributed by atoms with van der Waals surface area (Å²) in [5, 5.41) is 16.8. The summed E-state index contributed by atoms with van der Waals surface area (Å²) in [5.74, 6) is 1.44. The Morgan fingerprint density at radius 3 is 2.74 bits per heavy atom. The van der Waals surface area contributed by atoms with Crippen LogP contribution in [0.25, 0.3) is 0 Å². The minimum Gasteiger partial charge on any atom is -0.457 e. The van der Waals surface area contributed by atoms with Crippen LogP contribution in [0, 0.1) is 12.8 Å². The molecule has 1 aliphatic heterocycles. The van der Waals surface area contributed by atoms with Crippen LogP contribution in [0.2, 0.25) is 0 Å². The molecule has 0 saturated heterocycles. The summed E-state index contributed by atoms with van der Waals surface area (Å²) >= 11 is 0. The van der Waals surface area contributed by atoms with E-state index in [9.17, 15) is 9.90 Å². The number of aliphatic imine (C=N–C) groups is 1. The molecule has 0 bridgehead atoms. The third-order valence-electron chi connectivity index (χ3n) is 6.02. The number of pyridine rings is 1. The smallest absolute Gasteiger partial charge is 0.230 e. The Labute approximate surface area is 199 Å². The molecule has 176 valence electrons. The molecular formula is C27H30N4O3. The zero-order valence-electron chi connectivity index (χ0n) is 18.4. The third-order valence-corrected chi connectivity index (χ3v) is 6.02. The molecule has 2 unspecified atom stereocenters. The van der Waals surface area contributed by atoms with Gasteiger partial charge in [-0.2, -0.15) is 0 Å². The van der Waals surface area contributed by atoms with Crippen molar-refractivity contribution in [3.8, 4) is 11.5 Å². The summed E-state index contributed by atoms with van der Waals surface area (Å²) in [6.07, 6.45) is 1.87. The zero-order chi connectivity index (χ0) is 22.8. The van der Waals surface area contributed by atoms with Crippen LogP contribution in [0.5, 0.6) is 11.5 Å². The first-order valence-electron chi connectivity index (χ1n) is 11.2. The van der Waals surface area contributed by atoms with Crippen molar-refractivity contribution in [3.05, 3.63) is 83.2 Å². The summed E-state index contributed by atoms with van der Waals surface area (Å²) in [6.45, 7) is 3.54. The first-order valence-corrected chi connectivity index (χ1v) is 11.2. The van der Waals surface area contributed by atoms with E-state index >= 15 is 0 Å². The van der Waals surface area contributed by atoms with Crippen molar-refractivity contribution in [1.29, 1.82) is 0 Å². The van der Waals surface area contributed by atoms with Gasteiger partial charge in [-0.05, 0) is 66.8 Å². The van der Waals surface area contributed by atoms with Crippen molar-refractivity contribution >= 4 is 17.4 Å². The molecular weight excluding hydrogens is 428 g/mol. The lowest BCUT2D eigenvalue weighted by atomic mass is 9.81. The number of hydrogen-bond acceptors (Lipinski definition) is 6. The fourth-order valence-corrected chi connectivity index (χ4v) is 4.33. The lowest BCUT2D eigenvalue weighted by Crippen LogP contribution is -2.39. The number of amidine groups is 1. The summed E-state index contributed by atoms with van der Waals surface area (Å²) < 4.78 is 6.09. The molecule has 3 N–H and O–H groups in total. The van der Waals surface area contributed by atoms with Crippen LogP contribution in [0.4, 0.5) is 5.69 Å². The highest BCUT2D eigenvalue weighted by Gasteiger charge is 2.32. The van der Waals surface area contributed by atoms with Crippen LogP contribution in [-0.4, -0.2) is 41.0 Å². The maximum Gasteiger partial charge on any atom is 0.230 e. The monoisotopic (exact) mass is 458 g/mol. The molecule has 2 atom stereocenters. The number of aliphatic hydroxyl groups is 1. The van der Waals surface area contributed by atoms with Gasteiger partial charge in [0.05, 0.1) is 18.6 Å². The Balaban J connectivity index is 0.00000274. The van der Waals surface area contributed by atoms with Gasteiger partial charge in [-0.15, -0.1) is 0 Å². The molecule has 2 aliphatic rings. The molecule has 2 heterocycles. The molecule has 0 spiro atoms. The van der Waals surface area contributed by atoms with Gasteiger partial charge in [0.15, 0.2) is 0 Å². The van der Waals surface area contributed by atoms with E-state index in [4.69, 9.17) is 4.74 Å². The molecule has 0 saturated carbocycles. The van der Waals surface area contributed by atoms with Crippen molar-refractivity contribution in [2.75, 3.05) is 18.4 Å². The van der Waals surface area contributed by atoms with Gasteiger partial charge < -0.3 is 20.5 Å². The second kappa shape index (κ2) is 10.1. The van der Waals surface area contributed by atoms with E-state index in [0.29, 0.717) is 24.3 Å². The molecule has 5 rings (SSSR count). The number of nitrogens with zero attached hydrogens (tertiary/aromatic N) is 2. The van der Waals surface area contributed by atoms with Gasteiger partial charge in [0, 0.05) is 24.5 Å². The van der Waals surface area contributed by atoms with E-state index < -0.39 is 12.0 Å². The second-order valence-corrected chi connectivity index (χ2v) is 8.51. The molecule has 34 heavy (non-hydrogen) atoms. The van der Waals surface area contributed by atoms with E-state index in [1.165, 1.54) is 0 Å². The van der Waals surface area contributed by atoms with Gasteiger partial charge in [0.25, 0.3) is 0 Å². The summed E-state index contributed by atoms with van der Waals surface area (Å²) in [7, 11) is 0. The molecule has 7 heteroatoms. The zero-order valence-corrected chi connectivity index (χ0v) is 18.4. The first-order chi connectivity index (χ1) is 16.0. The third kappa shape index (κ3) is 5.10. The maximum absolute atomic E-state index is 12.9. The van der Waals surface area contributed by atoms with E-state index in [0.717, 1.165) is 47.0 Å². The van der Waals surface area contributed by atoms with Gasteiger partial charge in [0.2, 0.25) is 5.91 Å². The van der Waals surface area contributed by atoms with Crippen LogP contribution in [0.15, 0.2) is 65.8 Å². The van der Waals surface area contributed by atoms with Gasteiger partial charge in [-0.3, -0.25) is 14.8 Å². The number of amides is 1. The predicted molar refractivity (Wildman–Crippen MR) is 134 cm³/mol. The largest absolute Gasteiger partial charge is 0.457 e. The lowest BCUT2D eigenvalue weighted by Gasteiger charge is -2.29. The van der Waals surface area contributed by atoms with Crippen LogP contribution in [-0.2, 0) is 17.6 Å². The molecule has 2 aromatic carbocycles. The number of aliphatic hydroxyl groups excluding tert-OH is 1. The van der Waals surface area contributed by atoms with Crippen molar-refractivity contribution in [1.82, 2.24) is 10.3 Å². The number of nitrogens with one attached hydrogen (secondary N) is 2. The average molecular weight is 459 g/mol. The number of rotatable bonds is 5. The minimum atomic E-state index is -0.725. The van der Waals surface area contributed by atoms with E-state index in [1.54, 1.807) is 12.3 Å². The number of aromatic nitrogens is 1. The predicted octanol–water partition coefficient (Wildman–Crippen LogP) is 3.88. The van der Waals surface area contributed by atoms with Crippen molar-refractivity contribution < 1.29 is 14.6 Å². The highest BCUT2D eigenvalue weighted by Crippen LogP contribution is 2.32. The lowest BCUT2D eigenvalue weighted by molar-refractivity contribution is -0.123. The summed E-state index contributed by atoms with van der Waals surface area (Å²) in [5.41, 5.74) is 4.61. The van der Waals surface area contributed by atoms with Gasteiger partial charge in [-0.1, -0.05) is 25.6 Å². The van der Waals surface area contributed by atoms with E-state index in [2.05, 4.69) is 20.6 Å². The highest BCUT2D eigenvalue weighted by molar-refractivity contribution is 5.98. The Bertz CT molecular complexity index is 1220. The molecule has 3 aromatic rings. The summed E-state index contributed by atoms with van der Waals surface area (Å²) in [4.78, 5) is 21.7. The molecule has 0 fully saturated rings. The van der Waals surface area contributed by atoms with Crippen molar-refractivity contribution in [2.24, 2.45) is 10.9 Å². The number of carbonyl (C=O) groups is 1. The molecule has 1 amide bonds.